The van der Waals surface area contributed by atoms with Crippen molar-refractivity contribution < 1.29 is 14.0 Å². The summed E-state index contributed by atoms with van der Waals surface area (Å²) >= 11 is 0. The van der Waals surface area contributed by atoms with E-state index in [9.17, 15) is 0 Å². The summed E-state index contributed by atoms with van der Waals surface area (Å²) in [5.41, 5.74) is 2.78. The summed E-state index contributed by atoms with van der Waals surface area (Å²) in [6.07, 6.45) is 2.09. The molecule has 0 atom stereocenters. The SMILES string of the molecule is c1ccc2c(c1)Oc1ccccc1C21c2ccccc2Oc2cccc[n+]21. The zero-order valence-electron chi connectivity index (χ0n) is 14.5. The number of nitrogens with zero attached hydrogens (tertiary/aromatic N) is 1. The average Bonchev–Trinajstić information content (AvgIpc) is 2.73. The number of pyridine rings is 1. The maximum absolute atomic E-state index is 6.28. The number of hydrogen-bond donors (Lipinski definition) is 0. The van der Waals surface area contributed by atoms with E-state index < -0.39 is 5.54 Å². The first kappa shape index (κ1) is 14.6. The molecule has 3 heteroatoms. The van der Waals surface area contributed by atoms with Crippen molar-refractivity contribution in [3.63, 3.8) is 0 Å². The number of ether oxygens (including phenoxy) is 2. The zero-order chi connectivity index (χ0) is 17.8. The minimum atomic E-state index is -0.545. The largest absolute Gasteiger partial charge is 0.456 e. The van der Waals surface area contributed by atoms with Gasteiger partial charge in [-0.15, -0.1) is 4.57 Å². The predicted octanol–water partition coefficient (Wildman–Crippen LogP) is 5.03. The van der Waals surface area contributed by atoms with Crippen molar-refractivity contribution in [2.24, 2.45) is 0 Å². The first-order chi connectivity index (χ1) is 13.4. The first-order valence-electron chi connectivity index (χ1n) is 9.04. The molecular weight excluding hydrogens is 334 g/mol. The standard InChI is InChI=1S/C24H16NO2/c1-4-12-20-17(9-1)24(18-10-2-5-13-21(18)26-20)19-11-3-6-14-22(19)27-23-15-7-8-16-25(23)24/h1-16H/q+1. The Labute approximate surface area is 157 Å². The van der Waals surface area contributed by atoms with Crippen molar-refractivity contribution in [2.45, 2.75) is 5.54 Å². The van der Waals surface area contributed by atoms with Crippen LogP contribution in [-0.2, 0) is 5.54 Å². The van der Waals surface area contributed by atoms with Gasteiger partial charge in [-0.05, 0) is 42.5 Å². The van der Waals surface area contributed by atoms with Crippen molar-refractivity contribution in [1.29, 1.82) is 0 Å². The van der Waals surface area contributed by atoms with Gasteiger partial charge in [0, 0.05) is 6.07 Å². The molecule has 27 heavy (non-hydrogen) atoms. The van der Waals surface area contributed by atoms with Gasteiger partial charge in [-0.25, -0.2) is 0 Å². The molecule has 128 valence electrons. The lowest BCUT2D eigenvalue weighted by Gasteiger charge is -2.38. The zero-order valence-corrected chi connectivity index (χ0v) is 14.5. The Kier molecular flexibility index (Phi) is 2.81. The molecule has 0 saturated heterocycles. The van der Waals surface area contributed by atoms with Crippen LogP contribution < -0.4 is 14.0 Å². The van der Waals surface area contributed by atoms with E-state index in [1.807, 2.05) is 54.6 Å². The van der Waals surface area contributed by atoms with Gasteiger partial charge >= 0.3 is 5.88 Å². The van der Waals surface area contributed by atoms with Crippen molar-refractivity contribution in [2.75, 3.05) is 0 Å². The van der Waals surface area contributed by atoms with Gasteiger partial charge in [-0.2, -0.15) is 0 Å². The van der Waals surface area contributed by atoms with Gasteiger partial charge < -0.3 is 9.47 Å². The summed E-state index contributed by atoms with van der Waals surface area (Å²) in [5, 5.41) is 0. The molecule has 0 unspecified atom stereocenters. The molecule has 0 N–H and O–H groups in total. The third-order valence-corrected chi connectivity index (χ3v) is 5.45. The van der Waals surface area contributed by atoms with Crippen LogP contribution in [0.5, 0.6) is 23.1 Å². The van der Waals surface area contributed by atoms with E-state index in [4.69, 9.17) is 9.47 Å². The van der Waals surface area contributed by atoms with Crippen molar-refractivity contribution in [3.8, 4) is 23.1 Å². The molecule has 4 aromatic rings. The smallest absolute Gasteiger partial charge is 0.374 e. The van der Waals surface area contributed by atoms with Crippen LogP contribution in [0.1, 0.15) is 16.7 Å². The Balaban J connectivity index is 1.85. The summed E-state index contributed by atoms with van der Waals surface area (Å²) in [4.78, 5) is 0. The lowest BCUT2D eigenvalue weighted by Crippen LogP contribution is -2.61. The maximum Gasteiger partial charge on any atom is 0.374 e. The van der Waals surface area contributed by atoms with Crippen LogP contribution in [0.15, 0.2) is 97.2 Å². The molecule has 0 amide bonds. The molecule has 3 aromatic carbocycles. The lowest BCUT2D eigenvalue weighted by molar-refractivity contribution is -0.741. The summed E-state index contributed by atoms with van der Waals surface area (Å²) < 4.78 is 14.8. The molecule has 0 fully saturated rings. The van der Waals surface area contributed by atoms with Crippen LogP contribution in [0, 0.1) is 0 Å². The molecule has 3 nitrogen and oxygen atoms in total. The second-order valence-electron chi connectivity index (χ2n) is 6.81. The van der Waals surface area contributed by atoms with Crippen LogP contribution >= 0.6 is 0 Å². The number of rotatable bonds is 0. The van der Waals surface area contributed by atoms with Crippen molar-refractivity contribution in [1.82, 2.24) is 0 Å². The molecule has 0 bridgehead atoms. The third kappa shape index (κ3) is 1.78. The van der Waals surface area contributed by atoms with Crippen molar-refractivity contribution >= 4 is 0 Å². The van der Waals surface area contributed by atoms with Gasteiger partial charge in [-0.1, -0.05) is 36.4 Å². The van der Waals surface area contributed by atoms with Crippen LogP contribution in [0.25, 0.3) is 0 Å². The molecule has 0 aliphatic carbocycles. The second-order valence-corrected chi connectivity index (χ2v) is 6.81. The Hall–Kier alpha value is -3.59. The summed E-state index contributed by atoms with van der Waals surface area (Å²) in [5.74, 6) is 3.42. The van der Waals surface area contributed by atoms with Crippen LogP contribution in [-0.4, -0.2) is 0 Å². The van der Waals surface area contributed by atoms with E-state index in [0.29, 0.717) is 0 Å². The highest BCUT2D eigenvalue weighted by molar-refractivity contribution is 5.64. The summed E-state index contributed by atoms with van der Waals surface area (Å²) in [6, 6.07) is 30.9. The Bertz CT molecular complexity index is 1010. The number of hydrogen-bond acceptors (Lipinski definition) is 2. The summed E-state index contributed by atoms with van der Waals surface area (Å²) in [6.45, 7) is 0. The van der Waals surface area contributed by atoms with E-state index in [-0.39, 0.29) is 0 Å². The fourth-order valence-electron chi connectivity index (χ4n) is 4.41. The fourth-order valence-corrected chi connectivity index (χ4v) is 4.41. The lowest BCUT2D eigenvalue weighted by atomic mass is 9.73. The third-order valence-electron chi connectivity index (χ3n) is 5.45. The normalized spacial score (nSPS) is 14.8. The number of aromatic nitrogens is 1. The Morgan fingerprint density at radius 2 is 1.00 bits per heavy atom. The van der Waals surface area contributed by atoms with Gasteiger partial charge in [0.15, 0.2) is 6.20 Å². The molecule has 1 spiro atoms. The molecule has 3 heterocycles. The number of para-hydroxylation sites is 3. The molecular formula is C24H16NO2+. The van der Waals surface area contributed by atoms with E-state index in [2.05, 4.69) is 47.2 Å². The minimum absolute atomic E-state index is 0.545. The van der Waals surface area contributed by atoms with Gasteiger partial charge in [0.25, 0.3) is 5.54 Å². The minimum Gasteiger partial charge on any atom is -0.456 e. The van der Waals surface area contributed by atoms with Gasteiger partial charge in [0.2, 0.25) is 0 Å². The highest BCUT2D eigenvalue weighted by Gasteiger charge is 2.57. The molecule has 6 rings (SSSR count). The summed E-state index contributed by atoms with van der Waals surface area (Å²) in [7, 11) is 0. The topological polar surface area (TPSA) is 22.3 Å². The fraction of sp³-hybridized carbons (Fsp3) is 0.0417. The van der Waals surface area contributed by atoms with Crippen molar-refractivity contribution in [3.05, 3.63) is 114 Å². The van der Waals surface area contributed by atoms with E-state index in [1.54, 1.807) is 0 Å². The van der Waals surface area contributed by atoms with E-state index in [0.717, 1.165) is 39.8 Å². The monoisotopic (exact) mass is 350 g/mol. The Morgan fingerprint density at radius 3 is 1.59 bits per heavy atom. The van der Waals surface area contributed by atoms with Crippen LogP contribution in [0.4, 0.5) is 0 Å². The highest BCUT2D eigenvalue weighted by Crippen LogP contribution is 2.53. The van der Waals surface area contributed by atoms with Crippen LogP contribution in [0.2, 0.25) is 0 Å². The molecule has 2 aliphatic rings. The van der Waals surface area contributed by atoms with Crippen LogP contribution in [0.3, 0.4) is 0 Å². The van der Waals surface area contributed by atoms with Gasteiger partial charge in [0.1, 0.15) is 17.2 Å². The second kappa shape index (κ2) is 5.21. The number of fused-ring (bicyclic) bond motifs is 8. The highest BCUT2D eigenvalue weighted by atomic mass is 16.5. The Morgan fingerprint density at radius 1 is 0.519 bits per heavy atom. The van der Waals surface area contributed by atoms with Gasteiger partial charge in [0.05, 0.1) is 22.8 Å². The van der Waals surface area contributed by atoms with E-state index in [1.165, 1.54) is 0 Å². The average molecular weight is 350 g/mol. The van der Waals surface area contributed by atoms with Gasteiger partial charge in [-0.3, -0.25) is 0 Å². The molecule has 1 aromatic heterocycles. The molecule has 2 aliphatic heterocycles. The number of benzene rings is 3. The first-order valence-corrected chi connectivity index (χ1v) is 9.04. The quantitative estimate of drug-likeness (QED) is 0.359. The van der Waals surface area contributed by atoms with E-state index >= 15 is 0 Å². The maximum atomic E-state index is 6.28. The predicted molar refractivity (Wildman–Crippen MR) is 101 cm³/mol. The molecule has 0 saturated carbocycles. The molecule has 0 radical (unpaired) electrons.